The van der Waals surface area contributed by atoms with Gasteiger partial charge < -0.3 is 22.0 Å². The van der Waals surface area contributed by atoms with Crippen molar-refractivity contribution in [3.8, 4) is 0 Å². The topological polar surface area (TPSA) is 80.9 Å². The normalized spacial score (nSPS) is 8.57. The van der Waals surface area contributed by atoms with Gasteiger partial charge in [0.2, 0.25) is 0 Å². The van der Waals surface area contributed by atoms with Crippen molar-refractivity contribution in [3.05, 3.63) is 0 Å². The fraction of sp³-hybridized carbons (Fsp3) is 0. The van der Waals surface area contributed by atoms with E-state index in [1.165, 1.54) is 0 Å². The molecule has 39 valence electrons. The van der Waals surface area contributed by atoms with Gasteiger partial charge in [-0.3, -0.25) is 0 Å². The van der Waals surface area contributed by atoms with Crippen LogP contribution < -0.4 is 0 Å². The van der Waals surface area contributed by atoms with Crippen molar-refractivity contribution in [2.45, 2.75) is 0 Å². The second-order valence-corrected chi connectivity index (χ2v) is 1.80. The van der Waals surface area contributed by atoms with E-state index in [2.05, 4.69) is 0 Å². The summed E-state index contributed by atoms with van der Waals surface area (Å²) in [4.78, 5) is 29.3. The summed E-state index contributed by atoms with van der Waals surface area (Å²) in [6.45, 7) is 0. The molecule has 0 saturated carbocycles. The van der Waals surface area contributed by atoms with Crippen molar-refractivity contribution < 1.29 is 54.7 Å². The molecule has 0 heterocycles. The summed E-state index contributed by atoms with van der Waals surface area (Å²) in [6.07, 6.45) is 0. The van der Waals surface area contributed by atoms with Crippen LogP contribution >= 0.6 is 0 Å². The fourth-order valence-electron chi connectivity index (χ4n) is 0. The predicted molar refractivity (Wildman–Crippen MR) is 22.6 cm³/mol. The van der Waals surface area contributed by atoms with Crippen LogP contribution in [0.3, 0.4) is 0 Å². The molecule has 0 aliphatic rings. The van der Waals surface area contributed by atoms with E-state index in [1.807, 2.05) is 0 Å². The molecule has 4 nitrogen and oxygen atoms in total. The summed E-state index contributed by atoms with van der Waals surface area (Å²) in [6, 6.07) is 0. The summed E-state index contributed by atoms with van der Waals surface area (Å²) in [5.74, 6) is 0. The van der Waals surface area contributed by atoms with E-state index in [0.29, 0.717) is 0 Å². The van der Waals surface area contributed by atoms with E-state index < -0.39 is 9.05 Å². The van der Waals surface area contributed by atoms with E-state index in [-0.39, 0.29) is 81.0 Å². The first-order chi connectivity index (χ1) is 2.00. The first kappa shape index (κ1) is 16.3. The van der Waals surface area contributed by atoms with E-state index in [9.17, 15) is 0 Å². The molecule has 0 aliphatic carbocycles. The molecule has 0 bridgehead atoms. The summed E-state index contributed by atoms with van der Waals surface area (Å²) in [5, 5.41) is 0. The van der Waals surface area contributed by atoms with Crippen LogP contribution in [-0.4, -0.2) is 73.7 Å². The maximum Gasteiger partial charge on any atom is 2.00 e. The van der Waals surface area contributed by atoms with Crippen LogP contribution in [0.2, 0.25) is 0 Å². The molecule has 0 rings (SSSR count). The maximum absolute atomic E-state index is 7.33. The molecule has 0 unspecified atom stereocenters. The molecule has 0 atom stereocenters. The molecule has 0 aromatic rings. The first-order valence-electron chi connectivity index (χ1n) is 0.894. The minimum absolute atomic E-state index is 0. The van der Waals surface area contributed by atoms with Crippen molar-refractivity contribution in [3.63, 3.8) is 0 Å². The molecule has 0 fully saturated rings. The predicted octanol–water partition coefficient (Wildman–Crippen LogP) is -2.77. The van der Waals surface area contributed by atoms with Gasteiger partial charge in [0.05, 0.1) is 0 Å². The fourth-order valence-corrected chi connectivity index (χ4v) is 0. The Morgan fingerprint density at radius 3 is 1.00 bits per heavy atom. The molecule has 0 saturated heterocycles. The Labute approximate surface area is 107 Å². The number of hydrogen-bond acceptors (Lipinski definition) is 4. The van der Waals surface area contributed by atoms with Gasteiger partial charge in [0.25, 0.3) is 0 Å². The average Bonchev–Trinajstić information content (AvgIpc) is 0.722. The molecule has 7 heteroatoms. The zero-order chi connectivity index (χ0) is 4.50. The molecule has 0 amide bonds. The third kappa shape index (κ3) is 54.6. The Morgan fingerprint density at radius 1 is 1.00 bits per heavy atom. The molecular weight excluding hydrogens is 269 g/mol. The van der Waals surface area contributed by atoms with Gasteiger partial charge in [-0.1, -0.05) is 0 Å². The number of hydrogen-bond donors (Lipinski definition) is 4. The molecule has 0 aliphatic heterocycles. The van der Waals surface area contributed by atoms with E-state index in [0.717, 1.165) is 0 Å². The van der Waals surface area contributed by atoms with Gasteiger partial charge in [-0.25, -0.2) is 0 Å². The smallest absolute Gasteiger partial charge is 1.00 e. The maximum atomic E-state index is 7.33. The average molecular weight is 275 g/mol. The minimum Gasteiger partial charge on any atom is -1.00 e. The van der Waals surface area contributed by atoms with Gasteiger partial charge in [-0.05, 0) is 0 Å². The van der Waals surface area contributed by atoms with Crippen molar-refractivity contribution in [1.82, 2.24) is 0 Å². The summed E-state index contributed by atoms with van der Waals surface area (Å²) >= 11 is 0. The quantitative estimate of drug-likeness (QED) is 0.361. The first-order valence-corrected chi connectivity index (χ1v) is 2.68. The Hall–Kier alpha value is 2.64. The second kappa shape index (κ2) is 6.76. The van der Waals surface area contributed by atoms with Crippen LogP contribution in [-0.2, 0) is 32.7 Å². The monoisotopic (exact) mass is 275 g/mol. The van der Waals surface area contributed by atoms with E-state index >= 15 is 0 Å². The summed E-state index contributed by atoms with van der Waals surface area (Å²) in [7, 11) is -4.61. The molecule has 0 spiro atoms. The van der Waals surface area contributed by atoms with Gasteiger partial charge in [0, 0.05) is 32.7 Å². The Bertz CT molecular complexity index is 34.0. The SMILES string of the molecule is O[Si](O)(O)O.[H-].[H-].[Sr+2].[Y]. The second-order valence-electron chi connectivity index (χ2n) is 0.600. The Kier molecular flexibility index (Phi) is 15.8. The molecule has 0 aromatic carbocycles. The van der Waals surface area contributed by atoms with E-state index in [1.54, 1.807) is 0 Å². The van der Waals surface area contributed by atoms with Crippen LogP contribution in [0.25, 0.3) is 0 Å². The van der Waals surface area contributed by atoms with Crippen LogP contribution in [0.15, 0.2) is 0 Å². The van der Waals surface area contributed by atoms with Crippen molar-refractivity contribution in [1.29, 1.82) is 0 Å². The molecule has 4 N–H and O–H groups in total. The van der Waals surface area contributed by atoms with Crippen molar-refractivity contribution >= 4 is 54.5 Å². The minimum atomic E-state index is -4.61. The standard InChI is InChI=1S/H4O4Si.Sr.Y.2H/c1-5(2,3)4;;;;/h1-4H;;;;/q;+2;;2*-1. The summed E-state index contributed by atoms with van der Waals surface area (Å²) < 4.78 is 0. The molecule has 1 radical (unpaired) electrons. The molecular formula is H6O4SiSrY. The van der Waals surface area contributed by atoms with Gasteiger partial charge in [-0.15, -0.1) is 0 Å². The summed E-state index contributed by atoms with van der Waals surface area (Å²) in [5.41, 5.74) is 0. The van der Waals surface area contributed by atoms with Gasteiger partial charge in [0.15, 0.2) is 0 Å². The number of rotatable bonds is 0. The van der Waals surface area contributed by atoms with Crippen LogP contribution in [0.4, 0.5) is 0 Å². The Balaban J connectivity index is -0.0000000133. The largest absolute Gasteiger partial charge is 2.00 e. The molecule has 7 heavy (non-hydrogen) atoms. The van der Waals surface area contributed by atoms with Crippen LogP contribution in [0.1, 0.15) is 2.85 Å². The third-order valence-electron chi connectivity index (χ3n) is 0. The zero-order valence-electron chi connectivity index (χ0n) is 5.57. The van der Waals surface area contributed by atoms with Gasteiger partial charge in [0.1, 0.15) is 0 Å². The van der Waals surface area contributed by atoms with Gasteiger partial charge >= 0.3 is 54.5 Å². The third-order valence-corrected chi connectivity index (χ3v) is 0. The van der Waals surface area contributed by atoms with Crippen molar-refractivity contribution in [2.24, 2.45) is 0 Å². The van der Waals surface area contributed by atoms with Crippen LogP contribution in [0.5, 0.6) is 0 Å². The van der Waals surface area contributed by atoms with E-state index in [4.69, 9.17) is 19.2 Å². The van der Waals surface area contributed by atoms with Crippen molar-refractivity contribution in [2.75, 3.05) is 0 Å². The zero-order valence-corrected chi connectivity index (χ0v) is 10.9. The van der Waals surface area contributed by atoms with Crippen LogP contribution in [0, 0.1) is 0 Å². The Morgan fingerprint density at radius 2 is 1.00 bits per heavy atom. The molecule has 0 aromatic heterocycles. The van der Waals surface area contributed by atoms with Gasteiger partial charge in [-0.2, -0.15) is 0 Å².